The van der Waals surface area contributed by atoms with Crippen LogP contribution in [0.4, 0.5) is 0 Å². The Morgan fingerprint density at radius 2 is 1.54 bits per heavy atom. The van der Waals surface area contributed by atoms with Gasteiger partial charge in [0, 0.05) is 4.75 Å². The molecule has 48 heavy (non-hydrogen) atoms. The first-order valence-electron chi connectivity index (χ1n) is 14.6. The number of hydrogen-bond donors (Lipinski definition) is 2. The van der Waals surface area contributed by atoms with Crippen LogP contribution < -0.4 is 16.9 Å². The van der Waals surface area contributed by atoms with E-state index < -0.39 is 103 Å². The molecule has 1 aromatic carbocycles. The van der Waals surface area contributed by atoms with Crippen LogP contribution in [0, 0.1) is 0 Å². The van der Waals surface area contributed by atoms with Crippen molar-refractivity contribution in [3.63, 3.8) is 0 Å². The lowest BCUT2D eigenvalue weighted by atomic mass is 9.95. The number of rotatable bonds is 9. The number of sulfone groups is 1. The van der Waals surface area contributed by atoms with Gasteiger partial charge in [-0.05, 0) is 33.3 Å². The number of nitrogens with one attached hydrogen (secondary N) is 1. The summed E-state index contributed by atoms with van der Waals surface area (Å²) >= 11 is 1.30. The molecule has 0 bridgehead atoms. The van der Waals surface area contributed by atoms with Crippen LogP contribution in [-0.4, -0.2) is 86.2 Å². The highest BCUT2D eigenvalue weighted by Gasteiger charge is 2.68. The summed E-state index contributed by atoms with van der Waals surface area (Å²) < 4.78 is 43.8. The molecule has 3 amide bonds. The SMILES string of the molecule is CC1(C)S[C@@H]2C(NC(=O)C(N)c3ccccc3)C(=O)N2[C@H]1C(=O)OCc1oc(=O)oc1COC(=O)[C@@H]1N2C(=O)C[C@H]2S(=O)(=O)C1(C)C.Cl. The lowest BCUT2D eigenvalue weighted by Gasteiger charge is -2.44. The van der Waals surface area contributed by atoms with Crippen LogP contribution in [0.3, 0.4) is 0 Å². The van der Waals surface area contributed by atoms with E-state index in [-0.39, 0.29) is 30.3 Å². The van der Waals surface area contributed by atoms with Gasteiger partial charge in [0.25, 0.3) is 0 Å². The number of carbonyl (C=O) groups is 5. The topological polar surface area (TPSA) is 226 Å². The molecule has 6 atom stereocenters. The first-order chi connectivity index (χ1) is 22.0. The molecule has 5 heterocycles. The van der Waals surface area contributed by atoms with Gasteiger partial charge >= 0.3 is 17.8 Å². The molecule has 3 N–H and O–H groups in total. The number of esters is 2. The van der Waals surface area contributed by atoms with Crippen molar-refractivity contribution in [2.45, 2.75) is 91.7 Å². The standard InChI is InChI=1S/C29H32N4O12S2.ClH/c1-28(2)20(33-23(36)19(24(33)46-28)31-22(35)18(30)13-8-6-5-7-9-13)25(37)42-11-14-15(45-27(39)44-14)12-43-26(38)21-29(3,4)47(40,41)17-10-16(34)32(17)21;/h5-9,17-21,24H,10-12,30H2,1-4H3,(H,31,35);1H/t17-,18?,19?,20+,21+,24-;/m1./s1. The smallest absolute Gasteiger partial charge is 0.456 e. The van der Waals surface area contributed by atoms with Crippen LogP contribution in [0.1, 0.15) is 57.2 Å². The summed E-state index contributed by atoms with van der Waals surface area (Å²) in [6.07, 6.45) is -0.223. The fraction of sp³-hybridized carbons (Fsp3) is 0.517. The van der Waals surface area contributed by atoms with Crippen molar-refractivity contribution < 1.29 is 50.7 Å². The highest BCUT2D eigenvalue weighted by Crippen LogP contribution is 2.51. The van der Waals surface area contributed by atoms with E-state index in [9.17, 15) is 37.2 Å². The summed E-state index contributed by atoms with van der Waals surface area (Å²) in [5.74, 6) is -5.14. The molecule has 16 nitrogen and oxygen atoms in total. The van der Waals surface area contributed by atoms with Gasteiger partial charge in [-0.25, -0.2) is 22.8 Å². The normalized spacial score (nSPS) is 27.8. The molecule has 19 heteroatoms. The number of carbonyl (C=O) groups excluding carboxylic acids is 5. The zero-order valence-electron chi connectivity index (χ0n) is 26.1. The molecule has 0 aliphatic carbocycles. The highest BCUT2D eigenvalue weighted by atomic mass is 35.5. The van der Waals surface area contributed by atoms with Crippen molar-refractivity contribution in [3.8, 4) is 0 Å². The largest absolute Gasteiger partial charge is 0.519 e. The predicted molar refractivity (Wildman–Crippen MR) is 168 cm³/mol. The van der Waals surface area contributed by atoms with Crippen LogP contribution in [0.5, 0.6) is 0 Å². The summed E-state index contributed by atoms with van der Waals surface area (Å²) in [7, 11) is -3.85. The van der Waals surface area contributed by atoms with E-state index in [1.165, 1.54) is 30.5 Å². The number of β-lactam (4-membered cyclic amide) rings is 2. The van der Waals surface area contributed by atoms with E-state index in [1.807, 2.05) is 0 Å². The molecule has 4 aliphatic heterocycles. The summed E-state index contributed by atoms with van der Waals surface area (Å²) in [6.45, 7) is 4.84. The second-order valence-electron chi connectivity index (χ2n) is 12.7. The van der Waals surface area contributed by atoms with Crippen LogP contribution in [0.2, 0.25) is 0 Å². The Morgan fingerprint density at radius 3 is 2.10 bits per heavy atom. The molecule has 4 saturated heterocycles. The molecule has 0 radical (unpaired) electrons. The second-order valence-corrected chi connectivity index (χ2v) is 17.1. The Kier molecular flexibility index (Phi) is 9.03. The number of benzene rings is 1. The van der Waals surface area contributed by atoms with Gasteiger partial charge in [0.1, 0.15) is 34.9 Å². The van der Waals surface area contributed by atoms with E-state index in [0.717, 1.165) is 4.90 Å². The van der Waals surface area contributed by atoms with Gasteiger partial charge in [-0.2, -0.15) is 0 Å². The van der Waals surface area contributed by atoms with E-state index in [1.54, 1.807) is 44.2 Å². The van der Waals surface area contributed by atoms with E-state index >= 15 is 0 Å². The predicted octanol–water partition coefficient (Wildman–Crippen LogP) is 0.122. The highest BCUT2D eigenvalue weighted by molar-refractivity contribution is 8.01. The number of amides is 3. The first-order valence-corrected chi connectivity index (χ1v) is 17.0. The molecule has 2 aromatic rings. The molecule has 4 aliphatic rings. The van der Waals surface area contributed by atoms with Crippen molar-refractivity contribution in [1.82, 2.24) is 15.1 Å². The average molecular weight is 729 g/mol. The Bertz CT molecular complexity index is 1840. The summed E-state index contributed by atoms with van der Waals surface area (Å²) in [6, 6.07) is 4.28. The Balaban J connectivity index is 0.00000451. The number of nitrogens with zero attached hydrogens (tertiary/aromatic N) is 2. The first kappa shape index (κ1) is 35.4. The van der Waals surface area contributed by atoms with Crippen LogP contribution >= 0.6 is 24.2 Å². The minimum atomic E-state index is -3.85. The van der Waals surface area contributed by atoms with Crippen molar-refractivity contribution in [3.05, 3.63) is 58.0 Å². The average Bonchev–Trinajstić information content (AvgIpc) is 3.54. The fourth-order valence-corrected chi connectivity index (χ4v) is 10.1. The van der Waals surface area contributed by atoms with Crippen molar-refractivity contribution in [2.24, 2.45) is 5.73 Å². The number of ether oxygens (including phenoxy) is 2. The minimum Gasteiger partial charge on any atom is -0.456 e. The van der Waals surface area contributed by atoms with Gasteiger partial charge in [0.2, 0.25) is 17.7 Å². The number of hydrogen-bond acceptors (Lipinski definition) is 14. The van der Waals surface area contributed by atoms with E-state index in [0.29, 0.717) is 5.56 Å². The number of halogens is 1. The summed E-state index contributed by atoms with van der Waals surface area (Å²) in [5.41, 5.74) is 6.65. The zero-order valence-corrected chi connectivity index (χ0v) is 28.5. The number of fused-ring (bicyclic) bond motifs is 2. The van der Waals surface area contributed by atoms with Gasteiger partial charge in [-0.15, -0.1) is 24.2 Å². The lowest BCUT2D eigenvalue weighted by Crippen LogP contribution is -2.71. The van der Waals surface area contributed by atoms with Gasteiger partial charge in [0.15, 0.2) is 34.6 Å². The molecule has 4 fully saturated rings. The Labute approximate surface area is 284 Å². The maximum atomic E-state index is 13.3. The van der Waals surface area contributed by atoms with E-state index in [2.05, 4.69) is 5.32 Å². The Morgan fingerprint density at radius 1 is 0.979 bits per heavy atom. The minimum absolute atomic E-state index is 0. The summed E-state index contributed by atoms with van der Waals surface area (Å²) in [4.78, 5) is 78.6. The molecular formula is C29H33ClN4O12S2. The number of thioether (sulfide) groups is 1. The molecule has 1 aromatic heterocycles. The third kappa shape index (κ3) is 5.47. The molecular weight excluding hydrogens is 696 g/mol. The monoisotopic (exact) mass is 728 g/mol. The van der Waals surface area contributed by atoms with Crippen molar-refractivity contribution >= 4 is 63.7 Å². The molecule has 260 valence electrons. The Hall–Kier alpha value is -3.87. The third-order valence-corrected chi connectivity index (χ3v) is 13.4. The fourth-order valence-electron chi connectivity index (χ4n) is 6.38. The van der Waals surface area contributed by atoms with Crippen LogP contribution in [0.15, 0.2) is 44.0 Å². The molecule has 0 saturated carbocycles. The molecule has 6 rings (SSSR count). The van der Waals surface area contributed by atoms with E-state index in [4.69, 9.17) is 24.0 Å². The maximum absolute atomic E-state index is 13.3. The molecule has 2 unspecified atom stereocenters. The maximum Gasteiger partial charge on any atom is 0.519 e. The van der Waals surface area contributed by atoms with Crippen molar-refractivity contribution in [1.29, 1.82) is 0 Å². The third-order valence-electron chi connectivity index (χ3n) is 9.02. The van der Waals surface area contributed by atoms with Crippen molar-refractivity contribution in [2.75, 3.05) is 0 Å². The number of nitrogens with two attached hydrogens (primary N) is 1. The van der Waals surface area contributed by atoms with Gasteiger partial charge in [-0.3, -0.25) is 14.4 Å². The zero-order chi connectivity index (χ0) is 34.2. The molecule has 0 spiro atoms. The van der Waals surface area contributed by atoms with Gasteiger partial charge in [-0.1, -0.05) is 30.3 Å². The second kappa shape index (κ2) is 12.2. The van der Waals surface area contributed by atoms with Crippen LogP contribution in [-0.2, 0) is 56.5 Å². The van der Waals surface area contributed by atoms with Gasteiger partial charge in [0.05, 0.1) is 11.2 Å². The van der Waals surface area contributed by atoms with Gasteiger partial charge < -0.3 is 39.2 Å². The van der Waals surface area contributed by atoms with Crippen LogP contribution in [0.25, 0.3) is 0 Å². The lowest BCUT2D eigenvalue weighted by molar-refractivity contribution is -0.165. The quantitative estimate of drug-likeness (QED) is 0.259. The summed E-state index contributed by atoms with van der Waals surface area (Å²) in [5, 5.41) is 1.00.